The second-order valence-electron chi connectivity index (χ2n) is 6.39. The summed E-state index contributed by atoms with van der Waals surface area (Å²) in [7, 11) is 0. The minimum atomic E-state index is -4.67. The van der Waals surface area contributed by atoms with Crippen molar-refractivity contribution in [2.75, 3.05) is 5.75 Å². The van der Waals surface area contributed by atoms with Gasteiger partial charge in [0, 0.05) is 29.6 Å². The van der Waals surface area contributed by atoms with Crippen LogP contribution in [0.2, 0.25) is 0 Å². The number of aryl methyl sites for hydroxylation is 1. The van der Waals surface area contributed by atoms with E-state index in [0.29, 0.717) is 15.3 Å². The number of hydrogen-bond donors (Lipinski definition) is 0. The van der Waals surface area contributed by atoms with E-state index in [1.165, 1.54) is 6.92 Å². The maximum atomic E-state index is 14.6. The second kappa shape index (κ2) is 7.98. The highest BCUT2D eigenvalue weighted by atomic mass is 32.2. The Morgan fingerprint density at radius 3 is 2.74 bits per heavy atom. The highest BCUT2D eigenvalue weighted by Gasteiger charge is 2.36. The molecule has 0 spiro atoms. The predicted octanol–water partition coefficient (Wildman–Crippen LogP) is 3.42. The molecule has 1 aromatic carbocycles. The average Bonchev–Trinajstić information content (AvgIpc) is 3.14. The van der Waals surface area contributed by atoms with E-state index in [4.69, 9.17) is 0 Å². The number of benzene rings is 1. The van der Waals surface area contributed by atoms with Crippen LogP contribution in [0.15, 0.2) is 46.3 Å². The lowest BCUT2D eigenvalue weighted by atomic mass is 10.2. The summed E-state index contributed by atoms with van der Waals surface area (Å²) in [6, 6.07) is 5.26. The van der Waals surface area contributed by atoms with Crippen molar-refractivity contribution in [3.8, 4) is 16.3 Å². The van der Waals surface area contributed by atoms with Crippen molar-refractivity contribution in [1.82, 2.24) is 25.0 Å². The van der Waals surface area contributed by atoms with Crippen LogP contribution in [0.5, 0.6) is 0 Å². The van der Waals surface area contributed by atoms with Gasteiger partial charge in [-0.1, -0.05) is 5.21 Å². The first-order valence-electron chi connectivity index (χ1n) is 8.56. The van der Waals surface area contributed by atoms with Crippen molar-refractivity contribution in [3.05, 3.63) is 58.4 Å². The van der Waals surface area contributed by atoms with Crippen molar-refractivity contribution < 1.29 is 22.1 Å². The standard InChI is InChI=1S/C18H11F4N5O2S2/c1-9-5-11(19)12(6-13(9)31(29)8-18(20,21)22)27-17(28)14-15(25-26-27)24-16(30-14)10-3-2-4-23-7-10/h2-7H,8H2,1H3. The molecule has 3 aromatic heterocycles. The van der Waals surface area contributed by atoms with Crippen LogP contribution in [-0.4, -0.2) is 41.4 Å². The molecule has 0 bridgehead atoms. The fourth-order valence-corrected chi connectivity index (χ4v) is 4.82. The normalized spacial score (nSPS) is 13.0. The van der Waals surface area contributed by atoms with Crippen molar-refractivity contribution in [3.63, 3.8) is 0 Å². The van der Waals surface area contributed by atoms with Crippen LogP contribution in [0.4, 0.5) is 17.6 Å². The molecule has 4 rings (SSSR count). The van der Waals surface area contributed by atoms with E-state index in [2.05, 4.69) is 20.3 Å². The first-order chi connectivity index (χ1) is 14.6. The quantitative estimate of drug-likeness (QED) is 0.336. The van der Waals surface area contributed by atoms with Crippen LogP contribution in [0.3, 0.4) is 0 Å². The average molecular weight is 469 g/mol. The summed E-state index contributed by atoms with van der Waals surface area (Å²) in [6.07, 6.45) is -1.55. The summed E-state index contributed by atoms with van der Waals surface area (Å²) in [5, 5.41) is 7.95. The van der Waals surface area contributed by atoms with Crippen molar-refractivity contribution in [2.24, 2.45) is 0 Å². The molecule has 31 heavy (non-hydrogen) atoms. The third kappa shape index (κ3) is 4.29. The molecule has 3 heterocycles. The Bertz CT molecular complexity index is 1320. The summed E-state index contributed by atoms with van der Waals surface area (Å²) in [5.74, 6) is -2.51. The fourth-order valence-electron chi connectivity index (χ4n) is 2.79. The van der Waals surface area contributed by atoms with E-state index in [9.17, 15) is 26.9 Å². The van der Waals surface area contributed by atoms with Crippen molar-refractivity contribution >= 4 is 32.9 Å². The van der Waals surface area contributed by atoms with E-state index in [1.807, 2.05) is 0 Å². The molecule has 7 nitrogen and oxygen atoms in total. The third-order valence-electron chi connectivity index (χ3n) is 4.15. The van der Waals surface area contributed by atoms with E-state index in [-0.39, 0.29) is 20.8 Å². The number of halogens is 4. The molecular formula is C18H11F4N5O2S2. The van der Waals surface area contributed by atoms with Crippen LogP contribution < -0.4 is 5.56 Å². The summed E-state index contributed by atoms with van der Waals surface area (Å²) < 4.78 is 65.4. The SMILES string of the molecule is Cc1cc(F)c(-n2nnc3nc(-c4cccnc4)sc3c2=O)cc1[S+]([O-])CC(F)(F)F. The maximum Gasteiger partial charge on any atom is 0.433 e. The van der Waals surface area contributed by atoms with Gasteiger partial charge in [-0.2, -0.15) is 17.9 Å². The number of nitrogens with zero attached hydrogens (tertiary/aromatic N) is 5. The number of aromatic nitrogens is 5. The third-order valence-corrected chi connectivity index (χ3v) is 6.75. The Hall–Kier alpha value is -2.90. The van der Waals surface area contributed by atoms with Crippen LogP contribution >= 0.6 is 11.3 Å². The van der Waals surface area contributed by atoms with Gasteiger partial charge in [-0.05, 0) is 36.3 Å². The Morgan fingerprint density at radius 2 is 2.06 bits per heavy atom. The molecule has 0 amide bonds. The molecule has 0 aliphatic rings. The van der Waals surface area contributed by atoms with Gasteiger partial charge in [-0.3, -0.25) is 9.78 Å². The van der Waals surface area contributed by atoms with Crippen LogP contribution in [0, 0.1) is 12.7 Å². The topological polar surface area (TPSA) is 96.6 Å². The summed E-state index contributed by atoms with van der Waals surface area (Å²) in [5.41, 5.74) is -0.469. The summed E-state index contributed by atoms with van der Waals surface area (Å²) in [6.45, 7) is 1.33. The molecule has 0 N–H and O–H groups in total. The lowest BCUT2D eigenvalue weighted by molar-refractivity contribution is -0.106. The molecule has 0 saturated heterocycles. The van der Waals surface area contributed by atoms with Gasteiger partial charge >= 0.3 is 6.18 Å². The molecule has 1 atom stereocenters. The van der Waals surface area contributed by atoms with Gasteiger partial charge in [0.25, 0.3) is 5.56 Å². The minimum Gasteiger partial charge on any atom is -0.611 e. The van der Waals surface area contributed by atoms with E-state index in [0.717, 1.165) is 23.5 Å². The van der Waals surface area contributed by atoms with E-state index >= 15 is 0 Å². The fraction of sp³-hybridized carbons (Fsp3) is 0.167. The molecule has 0 aliphatic carbocycles. The second-order valence-corrected chi connectivity index (χ2v) is 8.81. The molecule has 4 aromatic rings. The zero-order valence-corrected chi connectivity index (χ0v) is 17.2. The maximum absolute atomic E-state index is 14.6. The smallest absolute Gasteiger partial charge is 0.433 e. The zero-order valence-electron chi connectivity index (χ0n) is 15.6. The molecule has 160 valence electrons. The van der Waals surface area contributed by atoms with Crippen LogP contribution in [-0.2, 0) is 11.2 Å². The Balaban J connectivity index is 1.82. The number of rotatable bonds is 4. The number of fused-ring (bicyclic) bond motifs is 1. The van der Waals surface area contributed by atoms with Crippen molar-refractivity contribution in [1.29, 1.82) is 0 Å². The highest BCUT2D eigenvalue weighted by Crippen LogP contribution is 2.29. The number of pyridine rings is 1. The lowest BCUT2D eigenvalue weighted by Crippen LogP contribution is -2.25. The predicted molar refractivity (Wildman–Crippen MR) is 106 cm³/mol. The molecule has 0 aliphatic heterocycles. The number of hydrogen-bond acceptors (Lipinski definition) is 7. The monoisotopic (exact) mass is 469 g/mol. The largest absolute Gasteiger partial charge is 0.611 e. The molecule has 0 saturated carbocycles. The highest BCUT2D eigenvalue weighted by molar-refractivity contribution is 7.91. The molecular weight excluding hydrogens is 458 g/mol. The Labute approximate surface area is 178 Å². The van der Waals surface area contributed by atoms with Gasteiger partial charge in [0.2, 0.25) is 11.4 Å². The number of alkyl halides is 3. The molecule has 13 heteroatoms. The van der Waals surface area contributed by atoms with Crippen LogP contribution in [0.25, 0.3) is 26.6 Å². The Kier molecular flexibility index (Phi) is 5.49. The minimum absolute atomic E-state index is 0.0403. The molecule has 0 fully saturated rings. The van der Waals surface area contributed by atoms with Gasteiger partial charge in [-0.25, -0.2) is 9.37 Å². The van der Waals surface area contributed by atoms with E-state index < -0.39 is 40.2 Å². The number of thiazole rings is 1. The first kappa shape index (κ1) is 21.3. The Morgan fingerprint density at radius 1 is 1.29 bits per heavy atom. The van der Waals surface area contributed by atoms with Gasteiger partial charge < -0.3 is 4.55 Å². The van der Waals surface area contributed by atoms with Crippen LogP contribution in [0.1, 0.15) is 5.56 Å². The van der Waals surface area contributed by atoms with Gasteiger partial charge in [0.15, 0.2) is 4.90 Å². The molecule has 1 unspecified atom stereocenters. The van der Waals surface area contributed by atoms with E-state index in [1.54, 1.807) is 24.5 Å². The van der Waals surface area contributed by atoms with Gasteiger partial charge in [0.05, 0.1) is 0 Å². The zero-order chi connectivity index (χ0) is 22.3. The van der Waals surface area contributed by atoms with Crippen molar-refractivity contribution in [2.45, 2.75) is 18.0 Å². The first-order valence-corrected chi connectivity index (χ1v) is 10.7. The lowest BCUT2D eigenvalue weighted by Gasteiger charge is -2.16. The van der Waals surface area contributed by atoms with Gasteiger partial charge in [0.1, 0.15) is 21.2 Å². The summed E-state index contributed by atoms with van der Waals surface area (Å²) >= 11 is -1.49. The summed E-state index contributed by atoms with van der Waals surface area (Å²) in [4.78, 5) is 20.9. The van der Waals surface area contributed by atoms with Gasteiger partial charge in [-0.15, -0.1) is 16.4 Å². The molecule has 0 radical (unpaired) electrons.